The highest BCUT2D eigenvalue weighted by Crippen LogP contribution is 2.03. The molecule has 3 rings (SSSR count). The van der Waals surface area contributed by atoms with Crippen LogP contribution >= 0.6 is 0 Å². The smallest absolute Gasteiger partial charge is 0.0279 e. The van der Waals surface area contributed by atoms with Crippen LogP contribution < -0.4 is 0 Å². The molecule has 0 aromatic heterocycles. The second-order valence-electron chi connectivity index (χ2n) is 5.40. The Morgan fingerprint density at radius 2 is 0.852 bits per heavy atom. The predicted octanol–water partition coefficient (Wildman–Crippen LogP) is 8.76. The number of rotatable bonds is 3. The Morgan fingerprint density at radius 1 is 0.519 bits per heavy atom. The van der Waals surface area contributed by atoms with E-state index in [1.54, 1.807) is 0 Å². The maximum Gasteiger partial charge on any atom is -0.0279 e. The van der Waals surface area contributed by atoms with Gasteiger partial charge in [-0.05, 0) is 25.3 Å². The topological polar surface area (TPSA) is 0 Å². The molecule has 0 bridgehead atoms. The minimum atomic E-state index is 1.23. The lowest BCUT2D eigenvalue weighted by molar-refractivity contribution is 0.795. The van der Waals surface area contributed by atoms with Crippen molar-refractivity contribution in [3.05, 3.63) is 108 Å². The van der Waals surface area contributed by atoms with Crippen LogP contribution in [0.3, 0.4) is 0 Å². The maximum atomic E-state index is 2.23. The molecule has 0 fully saturated rings. The molecule has 0 saturated heterocycles. The van der Waals surface area contributed by atoms with Gasteiger partial charge in [0.05, 0.1) is 0 Å². The lowest BCUT2D eigenvalue weighted by Crippen LogP contribution is -1.81. The quantitative estimate of drug-likeness (QED) is 0.435. The molecular formula is C27H40. The predicted molar refractivity (Wildman–Crippen MR) is 125 cm³/mol. The minimum Gasteiger partial charge on any atom is -0.0683 e. The fourth-order valence-electron chi connectivity index (χ4n) is 1.94. The molecule has 0 radical (unpaired) electrons. The van der Waals surface area contributed by atoms with Crippen LogP contribution in [0.25, 0.3) is 0 Å². The first-order chi connectivity index (χ1) is 13.3. The van der Waals surface area contributed by atoms with Gasteiger partial charge in [0.2, 0.25) is 0 Å². The SMILES string of the molecule is CC.CC.CCCCc1ccccc1.Cc1ccccc1.c1ccccc1. The van der Waals surface area contributed by atoms with Gasteiger partial charge in [-0.2, -0.15) is 0 Å². The normalized spacial score (nSPS) is 8.07. The zero-order valence-electron chi connectivity index (χ0n) is 18.4. The Hall–Kier alpha value is -2.34. The molecule has 0 heteroatoms. The monoisotopic (exact) mass is 364 g/mol. The van der Waals surface area contributed by atoms with E-state index in [9.17, 15) is 0 Å². The van der Waals surface area contributed by atoms with Crippen LogP contribution in [0.2, 0.25) is 0 Å². The average molecular weight is 365 g/mol. The molecule has 0 atom stereocenters. The summed E-state index contributed by atoms with van der Waals surface area (Å²) in [5.41, 5.74) is 2.78. The van der Waals surface area contributed by atoms with Gasteiger partial charge in [0.1, 0.15) is 0 Å². The van der Waals surface area contributed by atoms with Crippen molar-refractivity contribution in [3.63, 3.8) is 0 Å². The van der Waals surface area contributed by atoms with Crippen molar-refractivity contribution in [1.82, 2.24) is 0 Å². The van der Waals surface area contributed by atoms with Gasteiger partial charge in [0.15, 0.2) is 0 Å². The van der Waals surface area contributed by atoms with Crippen LogP contribution in [0.15, 0.2) is 97.1 Å². The molecule has 0 aliphatic rings. The lowest BCUT2D eigenvalue weighted by atomic mass is 10.1. The molecule has 0 heterocycles. The fourth-order valence-corrected chi connectivity index (χ4v) is 1.94. The summed E-state index contributed by atoms with van der Waals surface area (Å²) >= 11 is 0. The van der Waals surface area contributed by atoms with Gasteiger partial charge in [-0.3, -0.25) is 0 Å². The number of hydrogen-bond acceptors (Lipinski definition) is 0. The Kier molecular flexibility index (Phi) is 23.6. The van der Waals surface area contributed by atoms with E-state index in [4.69, 9.17) is 0 Å². The molecule has 148 valence electrons. The Morgan fingerprint density at radius 3 is 1.15 bits per heavy atom. The van der Waals surface area contributed by atoms with Crippen LogP contribution in [-0.2, 0) is 6.42 Å². The van der Waals surface area contributed by atoms with Crippen molar-refractivity contribution < 1.29 is 0 Å². The van der Waals surface area contributed by atoms with Crippen LogP contribution in [-0.4, -0.2) is 0 Å². The largest absolute Gasteiger partial charge is 0.0683 e. The van der Waals surface area contributed by atoms with Crippen LogP contribution in [0.5, 0.6) is 0 Å². The molecule has 0 N–H and O–H groups in total. The van der Waals surface area contributed by atoms with E-state index in [0.717, 1.165) is 0 Å². The molecule has 3 aromatic carbocycles. The van der Waals surface area contributed by atoms with E-state index in [2.05, 4.69) is 56.3 Å². The molecule has 0 aliphatic carbocycles. The van der Waals surface area contributed by atoms with Gasteiger partial charge < -0.3 is 0 Å². The minimum absolute atomic E-state index is 1.23. The third kappa shape index (κ3) is 19.8. The van der Waals surface area contributed by atoms with Crippen molar-refractivity contribution in [2.24, 2.45) is 0 Å². The third-order valence-corrected chi connectivity index (χ3v) is 3.27. The highest BCUT2D eigenvalue weighted by atomic mass is 13.9. The summed E-state index contributed by atoms with van der Waals surface area (Å²) in [7, 11) is 0. The van der Waals surface area contributed by atoms with Gasteiger partial charge >= 0.3 is 0 Å². The fraction of sp³-hybridized carbons (Fsp3) is 0.333. The first-order valence-corrected chi connectivity index (χ1v) is 10.4. The zero-order valence-corrected chi connectivity index (χ0v) is 18.4. The van der Waals surface area contributed by atoms with Crippen molar-refractivity contribution >= 4 is 0 Å². The van der Waals surface area contributed by atoms with Gasteiger partial charge in [-0.15, -0.1) is 0 Å². The second kappa shape index (κ2) is 23.7. The van der Waals surface area contributed by atoms with Gasteiger partial charge in [0.25, 0.3) is 0 Å². The van der Waals surface area contributed by atoms with Crippen molar-refractivity contribution in [1.29, 1.82) is 0 Å². The molecule has 27 heavy (non-hydrogen) atoms. The number of hydrogen-bond donors (Lipinski definition) is 0. The summed E-state index contributed by atoms with van der Waals surface area (Å²) < 4.78 is 0. The highest BCUT2D eigenvalue weighted by molar-refractivity contribution is 5.14. The van der Waals surface area contributed by atoms with Crippen molar-refractivity contribution in [2.75, 3.05) is 0 Å². The van der Waals surface area contributed by atoms with E-state index < -0.39 is 0 Å². The lowest BCUT2D eigenvalue weighted by Gasteiger charge is -1.96. The van der Waals surface area contributed by atoms with Gasteiger partial charge in [-0.1, -0.05) is 144 Å². The summed E-state index contributed by atoms with van der Waals surface area (Å²) in [4.78, 5) is 0. The van der Waals surface area contributed by atoms with Crippen LogP contribution in [0.1, 0.15) is 58.6 Å². The number of unbranched alkanes of at least 4 members (excludes halogenated alkanes) is 1. The molecule has 0 spiro atoms. The first kappa shape index (κ1) is 26.9. The van der Waals surface area contributed by atoms with Gasteiger partial charge in [0, 0.05) is 0 Å². The van der Waals surface area contributed by atoms with E-state index in [1.807, 2.05) is 82.3 Å². The zero-order chi connectivity index (χ0) is 20.6. The van der Waals surface area contributed by atoms with E-state index >= 15 is 0 Å². The van der Waals surface area contributed by atoms with E-state index in [-0.39, 0.29) is 0 Å². The molecular weight excluding hydrogens is 324 g/mol. The second-order valence-corrected chi connectivity index (χ2v) is 5.40. The van der Waals surface area contributed by atoms with Crippen molar-refractivity contribution in [2.45, 2.75) is 60.8 Å². The maximum absolute atomic E-state index is 2.23. The summed E-state index contributed by atoms with van der Waals surface area (Å²) in [6, 6.07) is 32.9. The van der Waals surface area contributed by atoms with E-state index in [1.165, 1.54) is 30.4 Å². The molecule has 0 amide bonds. The van der Waals surface area contributed by atoms with Crippen molar-refractivity contribution in [3.8, 4) is 0 Å². The molecule has 0 saturated carbocycles. The van der Waals surface area contributed by atoms with Crippen LogP contribution in [0, 0.1) is 6.92 Å². The standard InChI is InChI=1S/C10H14.C7H8.C6H6.2C2H6/c1-2-3-7-10-8-5-4-6-9-10;1-7-5-3-2-4-6-7;1-2-4-6-5-3-1;2*1-2/h4-6,8-9H,2-3,7H2,1H3;2-6H,1H3;1-6H;2*1-2H3. The molecule has 0 aliphatic heterocycles. The first-order valence-electron chi connectivity index (χ1n) is 10.4. The number of aryl methyl sites for hydroxylation is 2. The summed E-state index contributed by atoms with van der Waals surface area (Å²) in [5, 5.41) is 0. The summed E-state index contributed by atoms with van der Waals surface area (Å²) in [6.07, 6.45) is 3.83. The summed E-state index contributed by atoms with van der Waals surface area (Å²) in [6.45, 7) is 12.3. The molecule has 0 unspecified atom stereocenters. The van der Waals surface area contributed by atoms with Gasteiger partial charge in [-0.25, -0.2) is 0 Å². The average Bonchev–Trinajstić information content (AvgIpc) is 2.78. The molecule has 0 nitrogen and oxygen atoms in total. The summed E-state index contributed by atoms with van der Waals surface area (Å²) in [5.74, 6) is 0. The molecule has 3 aromatic rings. The number of benzene rings is 3. The Labute approximate surface area is 169 Å². The Balaban J connectivity index is 0. The third-order valence-electron chi connectivity index (χ3n) is 3.27. The van der Waals surface area contributed by atoms with Crippen LogP contribution in [0.4, 0.5) is 0 Å². The highest BCUT2D eigenvalue weighted by Gasteiger charge is 1.87. The van der Waals surface area contributed by atoms with E-state index in [0.29, 0.717) is 0 Å². The Bertz CT molecular complexity index is 543.